The predicted molar refractivity (Wildman–Crippen MR) is 137 cm³/mol. The molecule has 4 rings (SSSR count). The third-order valence-corrected chi connectivity index (χ3v) is 6.55. The van der Waals surface area contributed by atoms with Gasteiger partial charge in [-0.2, -0.15) is 0 Å². The number of hydrogen-bond donors (Lipinski definition) is 1. The van der Waals surface area contributed by atoms with Crippen LogP contribution in [0.1, 0.15) is 62.5 Å². The summed E-state index contributed by atoms with van der Waals surface area (Å²) in [5.74, 6) is 0.262. The van der Waals surface area contributed by atoms with Crippen LogP contribution < -0.4 is 0 Å². The zero-order valence-corrected chi connectivity index (χ0v) is 19.5. The van der Waals surface area contributed by atoms with Crippen LogP contribution in [0.25, 0.3) is 10.8 Å². The van der Waals surface area contributed by atoms with Crippen molar-refractivity contribution >= 4 is 22.3 Å². The number of benzene rings is 3. The van der Waals surface area contributed by atoms with E-state index in [-0.39, 0.29) is 17.5 Å². The van der Waals surface area contributed by atoms with Gasteiger partial charge in [-0.1, -0.05) is 99.0 Å². The van der Waals surface area contributed by atoms with Crippen molar-refractivity contribution < 1.29 is 9.90 Å². The summed E-state index contributed by atoms with van der Waals surface area (Å²) in [7, 11) is 0. The average Bonchev–Trinajstić information content (AvgIpc) is 2.84. The molecule has 0 radical (unpaired) electrons. The van der Waals surface area contributed by atoms with Gasteiger partial charge in [0.1, 0.15) is 5.76 Å². The van der Waals surface area contributed by atoms with E-state index in [2.05, 4.69) is 37.3 Å². The van der Waals surface area contributed by atoms with Crippen LogP contribution in [0.15, 0.2) is 89.1 Å². The highest BCUT2D eigenvalue weighted by molar-refractivity contribution is 6.24. The van der Waals surface area contributed by atoms with E-state index in [1.807, 2.05) is 42.5 Å². The first-order chi connectivity index (χ1) is 16.2. The summed E-state index contributed by atoms with van der Waals surface area (Å²) in [6.07, 6.45) is 5.98. The molecule has 1 aliphatic carbocycles. The Balaban J connectivity index is 1.64. The molecule has 0 bridgehead atoms. The Hall–Kier alpha value is -3.20. The van der Waals surface area contributed by atoms with Crippen molar-refractivity contribution in [2.75, 3.05) is 6.54 Å². The molecule has 3 aromatic carbocycles. The molecule has 1 aliphatic rings. The number of unbranched alkanes of at least 4 members (excludes halogenated alkanes) is 3. The van der Waals surface area contributed by atoms with E-state index < -0.39 is 0 Å². The Morgan fingerprint density at radius 1 is 0.909 bits per heavy atom. The molecule has 3 aromatic rings. The standard InChI is InChI=1S/C30H33NO2/c1-2-3-4-10-18-31-27-19-25(22-12-6-5-7-13-22)21-29(33)30(27)28(32)20-24-16-11-15-23-14-8-9-17-26(23)24/h5-9,11-17,25,32H,2-4,10,18-21H2,1H3/b30-28+,31-27?. The van der Waals surface area contributed by atoms with E-state index in [0.29, 0.717) is 31.4 Å². The zero-order chi connectivity index (χ0) is 23.0. The fraction of sp³-hybridized carbons (Fsp3) is 0.333. The molecule has 3 nitrogen and oxygen atoms in total. The van der Waals surface area contributed by atoms with Crippen molar-refractivity contribution in [3.05, 3.63) is 95.3 Å². The minimum absolute atomic E-state index is 0.000137. The fourth-order valence-corrected chi connectivity index (χ4v) is 4.79. The maximum Gasteiger partial charge on any atom is 0.168 e. The third kappa shape index (κ3) is 5.60. The second-order valence-electron chi connectivity index (χ2n) is 8.96. The van der Waals surface area contributed by atoms with E-state index in [1.165, 1.54) is 12.8 Å². The van der Waals surface area contributed by atoms with Gasteiger partial charge in [-0.15, -0.1) is 0 Å². The Morgan fingerprint density at radius 2 is 1.67 bits per heavy atom. The quantitative estimate of drug-likeness (QED) is 0.226. The highest BCUT2D eigenvalue weighted by atomic mass is 16.3. The smallest absolute Gasteiger partial charge is 0.168 e. The maximum atomic E-state index is 13.3. The second-order valence-corrected chi connectivity index (χ2v) is 8.96. The molecular weight excluding hydrogens is 406 g/mol. The van der Waals surface area contributed by atoms with Gasteiger partial charge in [0.15, 0.2) is 5.78 Å². The largest absolute Gasteiger partial charge is 0.511 e. The molecule has 3 heteroatoms. The van der Waals surface area contributed by atoms with Crippen LogP contribution >= 0.6 is 0 Å². The molecular formula is C30H33NO2. The lowest BCUT2D eigenvalue weighted by molar-refractivity contribution is -0.115. The first-order valence-electron chi connectivity index (χ1n) is 12.2. The minimum atomic E-state index is 0.000137. The van der Waals surface area contributed by atoms with E-state index in [9.17, 15) is 9.90 Å². The van der Waals surface area contributed by atoms with Crippen molar-refractivity contribution in [1.29, 1.82) is 0 Å². The molecule has 170 valence electrons. The van der Waals surface area contributed by atoms with Crippen LogP contribution in [0.3, 0.4) is 0 Å². The van der Waals surface area contributed by atoms with Crippen molar-refractivity contribution in [3.8, 4) is 0 Å². The van der Waals surface area contributed by atoms with Crippen molar-refractivity contribution in [2.24, 2.45) is 4.99 Å². The first-order valence-corrected chi connectivity index (χ1v) is 12.2. The van der Waals surface area contributed by atoms with Crippen LogP contribution in [0.4, 0.5) is 0 Å². The number of hydrogen-bond acceptors (Lipinski definition) is 3. The van der Waals surface area contributed by atoms with Crippen molar-refractivity contribution in [2.45, 2.75) is 57.8 Å². The number of carbonyl (C=O) groups excluding carboxylic acids is 1. The van der Waals surface area contributed by atoms with Gasteiger partial charge in [0.2, 0.25) is 0 Å². The monoisotopic (exact) mass is 439 g/mol. The summed E-state index contributed by atoms with van der Waals surface area (Å²) in [5.41, 5.74) is 3.41. The minimum Gasteiger partial charge on any atom is -0.511 e. The number of ketones is 1. The lowest BCUT2D eigenvalue weighted by Gasteiger charge is -2.26. The summed E-state index contributed by atoms with van der Waals surface area (Å²) >= 11 is 0. The van der Waals surface area contributed by atoms with Crippen LogP contribution in [0.2, 0.25) is 0 Å². The Labute approximate surface area is 196 Å². The lowest BCUT2D eigenvalue weighted by atomic mass is 9.78. The Kier molecular flexibility index (Phi) is 7.72. The molecule has 1 unspecified atom stereocenters. The van der Waals surface area contributed by atoms with E-state index in [0.717, 1.165) is 40.5 Å². The molecule has 0 amide bonds. The highest BCUT2D eigenvalue weighted by Crippen LogP contribution is 2.34. The Bertz CT molecular complexity index is 1150. The molecule has 33 heavy (non-hydrogen) atoms. The van der Waals surface area contributed by atoms with Gasteiger partial charge in [0.25, 0.3) is 0 Å². The van der Waals surface area contributed by atoms with E-state index in [1.54, 1.807) is 0 Å². The van der Waals surface area contributed by atoms with E-state index >= 15 is 0 Å². The number of allylic oxidation sites excluding steroid dienone is 2. The topological polar surface area (TPSA) is 49.7 Å². The van der Waals surface area contributed by atoms with Crippen LogP contribution in [0.5, 0.6) is 0 Å². The van der Waals surface area contributed by atoms with Crippen LogP contribution in [-0.2, 0) is 11.2 Å². The number of rotatable bonds is 8. The molecule has 0 heterocycles. The fourth-order valence-electron chi connectivity index (χ4n) is 4.79. The maximum absolute atomic E-state index is 13.3. The summed E-state index contributed by atoms with van der Waals surface area (Å²) in [5, 5.41) is 13.4. The molecule has 0 saturated heterocycles. The molecule has 0 aromatic heterocycles. The number of carbonyl (C=O) groups is 1. The van der Waals surface area contributed by atoms with Crippen molar-refractivity contribution in [3.63, 3.8) is 0 Å². The van der Waals surface area contributed by atoms with Crippen LogP contribution in [-0.4, -0.2) is 23.1 Å². The molecule has 1 N–H and O–H groups in total. The number of Topliss-reactive ketones (excluding diaryl/α,β-unsaturated/α-hetero) is 1. The summed E-state index contributed by atoms with van der Waals surface area (Å²) in [6, 6.07) is 24.5. The number of aliphatic hydroxyl groups is 1. The zero-order valence-electron chi connectivity index (χ0n) is 19.5. The Morgan fingerprint density at radius 3 is 2.48 bits per heavy atom. The first kappa shape index (κ1) is 23.0. The number of aliphatic imine (C=N–C) groups is 1. The molecule has 1 atom stereocenters. The van der Waals surface area contributed by atoms with Gasteiger partial charge in [0.05, 0.1) is 5.57 Å². The van der Waals surface area contributed by atoms with E-state index in [4.69, 9.17) is 4.99 Å². The molecule has 0 aliphatic heterocycles. The van der Waals surface area contributed by atoms with Gasteiger partial charge in [-0.25, -0.2) is 0 Å². The molecule has 1 fully saturated rings. The number of fused-ring (bicyclic) bond motifs is 1. The molecule has 1 saturated carbocycles. The average molecular weight is 440 g/mol. The highest BCUT2D eigenvalue weighted by Gasteiger charge is 2.32. The van der Waals surface area contributed by atoms with Crippen molar-refractivity contribution in [1.82, 2.24) is 0 Å². The second kappa shape index (κ2) is 11.1. The normalized spacial score (nSPS) is 19.2. The molecule has 0 spiro atoms. The van der Waals surface area contributed by atoms with Crippen LogP contribution in [0, 0.1) is 0 Å². The lowest BCUT2D eigenvalue weighted by Crippen LogP contribution is -2.27. The summed E-state index contributed by atoms with van der Waals surface area (Å²) in [4.78, 5) is 18.2. The SMILES string of the molecule is CCCCCCN=C1CC(c2ccccc2)CC(=O)/C1=C(/O)Cc1cccc2ccccc12. The summed E-state index contributed by atoms with van der Waals surface area (Å²) < 4.78 is 0. The number of aliphatic hydroxyl groups excluding tert-OH is 1. The van der Waals surface area contributed by atoms with Gasteiger partial charge >= 0.3 is 0 Å². The van der Waals surface area contributed by atoms with Gasteiger partial charge < -0.3 is 5.11 Å². The summed E-state index contributed by atoms with van der Waals surface area (Å²) in [6.45, 7) is 2.90. The van der Waals surface area contributed by atoms with Gasteiger partial charge in [0, 0.05) is 25.1 Å². The van der Waals surface area contributed by atoms with Gasteiger partial charge in [-0.3, -0.25) is 9.79 Å². The van der Waals surface area contributed by atoms with Gasteiger partial charge in [-0.05, 0) is 40.7 Å². The predicted octanol–water partition coefficient (Wildman–Crippen LogP) is 7.36. The third-order valence-electron chi connectivity index (χ3n) is 6.55. The number of nitrogens with zero attached hydrogens (tertiary/aromatic N) is 1.